The monoisotopic (exact) mass is 447 g/mol. The molecule has 0 saturated heterocycles. The van der Waals surface area contributed by atoms with E-state index in [0.29, 0.717) is 18.1 Å². The van der Waals surface area contributed by atoms with Gasteiger partial charge in [0.25, 0.3) is 0 Å². The van der Waals surface area contributed by atoms with Gasteiger partial charge in [-0.15, -0.1) is 11.6 Å². The zero-order valence-corrected chi connectivity index (χ0v) is 18.5. The Kier molecular flexibility index (Phi) is 6.60. The van der Waals surface area contributed by atoms with Crippen molar-refractivity contribution in [2.45, 2.75) is 23.9 Å². The molecule has 1 aliphatic rings. The van der Waals surface area contributed by atoms with Crippen molar-refractivity contribution in [2.75, 3.05) is 0 Å². The third-order valence-electron chi connectivity index (χ3n) is 5.46. The van der Waals surface area contributed by atoms with E-state index in [0.717, 1.165) is 16.7 Å². The van der Waals surface area contributed by atoms with Gasteiger partial charge in [0.1, 0.15) is 0 Å². The highest BCUT2D eigenvalue weighted by molar-refractivity contribution is 6.37. The number of hydrogen-bond acceptors (Lipinski definition) is 1. The maximum absolute atomic E-state index is 14.0. The second-order valence-electron chi connectivity index (χ2n) is 7.68. The Bertz CT molecular complexity index is 1050. The Balaban J connectivity index is 1.69. The molecule has 4 rings (SSSR count). The van der Waals surface area contributed by atoms with Crippen LogP contribution in [0.2, 0.25) is 5.02 Å². The van der Waals surface area contributed by atoms with Crippen LogP contribution in [0.1, 0.15) is 22.6 Å². The molecule has 1 amide bonds. The summed E-state index contributed by atoms with van der Waals surface area (Å²) in [4.78, 5) is 14.6. The first-order valence-corrected chi connectivity index (χ1v) is 11.0. The lowest BCUT2D eigenvalue weighted by atomic mass is 9.81. The van der Waals surface area contributed by atoms with Crippen LogP contribution in [0.25, 0.3) is 0 Å². The number of allylic oxidation sites excluding steroid dienone is 3. The van der Waals surface area contributed by atoms with Gasteiger partial charge in [-0.05, 0) is 28.8 Å². The molecule has 1 aliphatic carbocycles. The molecule has 3 aromatic carbocycles. The maximum atomic E-state index is 14.0. The van der Waals surface area contributed by atoms with E-state index in [1.807, 2.05) is 108 Å². The Morgan fingerprint density at radius 2 is 1.45 bits per heavy atom. The van der Waals surface area contributed by atoms with Gasteiger partial charge in [-0.1, -0.05) is 109 Å². The number of nitrogens with zero attached hydrogens (tertiary/aromatic N) is 1. The summed E-state index contributed by atoms with van der Waals surface area (Å²) >= 11 is 13.4. The second kappa shape index (κ2) is 9.55. The minimum atomic E-state index is -1.23. The molecule has 0 bridgehead atoms. The van der Waals surface area contributed by atoms with Gasteiger partial charge < -0.3 is 4.90 Å². The van der Waals surface area contributed by atoms with Gasteiger partial charge in [-0.25, -0.2) is 0 Å². The summed E-state index contributed by atoms with van der Waals surface area (Å²) in [5.74, 6) is -0.452. The summed E-state index contributed by atoms with van der Waals surface area (Å²) in [5, 5.41) is 0.623. The quantitative estimate of drug-likeness (QED) is 0.382. The first-order valence-electron chi connectivity index (χ1n) is 10.2. The summed E-state index contributed by atoms with van der Waals surface area (Å²) in [7, 11) is 0. The maximum Gasteiger partial charge on any atom is 0.249 e. The summed E-state index contributed by atoms with van der Waals surface area (Å²) in [6, 6.07) is 27.5. The third-order valence-corrected chi connectivity index (χ3v) is 6.22. The van der Waals surface area contributed by atoms with Crippen LogP contribution in [0.15, 0.2) is 109 Å². The molecule has 0 aliphatic heterocycles. The van der Waals surface area contributed by atoms with Gasteiger partial charge in [0.15, 0.2) is 4.87 Å². The minimum absolute atomic E-state index is 0.132. The molecular formula is C27H23Cl2NO. The molecule has 3 aromatic rings. The van der Waals surface area contributed by atoms with Crippen LogP contribution in [0, 0.1) is 0 Å². The fourth-order valence-electron chi connectivity index (χ4n) is 3.92. The van der Waals surface area contributed by atoms with Crippen LogP contribution in [-0.4, -0.2) is 15.7 Å². The van der Waals surface area contributed by atoms with Gasteiger partial charge in [-0.3, -0.25) is 4.79 Å². The van der Waals surface area contributed by atoms with Crippen LogP contribution in [0.3, 0.4) is 0 Å². The summed E-state index contributed by atoms with van der Waals surface area (Å²) in [5.41, 5.74) is 3.03. The molecule has 2 unspecified atom stereocenters. The van der Waals surface area contributed by atoms with E-state index in [-0.39, 0.29) is 11.8 Å². The van der Waals surface area contributed by atoms with Crippen LogP contribution in [-0.2, 0) is 17.9 Å². The van der Waals surface area contributed by atoms with Gasteiger partial charge >= 0.3 is 0 Å². The molecule has 0 saturated carbocycles. The molecule has 0 heterocycles. The van der Waals surface area contributed by atoms with Crippen LogP contribution < -0.4 is 0 Å². The number of hydrogen-bond donors (Lipinski definition) is 0. The van der Waals surface area contributed by atoms with Crippen molar-refractivity contribution in [3.63, 3.8) is 0 Å². The van der Waals surface area contributed by atoms with Gasteiger partial charge in [0, 0.05) is 24.0 Å². The smallest absolute Gasteiger partial charge is 0.249 e. The Hall–Kier alpha value is -2.81. The molecule has 0 fully saturated rings. The zero-order valence-electron chi connectivity index (χ0n) is 17.0. The van der Waals surface area contributed by atoms with E-state index < -0.39 is 4.87 Å². The van der Waals surface area contributed by atoms with Crippen LogP contribution >= 0.6 is 23.2 Å². The average molecular weight is 448 g/mol. The molecule has 0 radical (unpaired) electrons. The van der Waals surface area contributed by atoms with E-state index in [1.54, 1.807) is 6.08 Å². The predicted octanol–water partition coefficient (Wildman–Crippen LogP) is 6.76. The van der Waals surface area contributed by atoms with Crippen molar-refractivity contribution < 1.29 is 4.79 Å². The SMILES string of the molecule is O=C(N(Cc1ccccc1)Cc1ccccc1)C1(Cl)C=CC=CC1c1cccc(Cl)c1. The lowest BCUT2D eigenvalue weighted by molar-refractivity contribution is -0.134. The van der Waals surface area contributed by atoms with Crippen molar-refractivity contribution in [3.05, 3.63) is 131 Å². The van der Waals surface area contributed by atoms with E-state index in [4.69, 9.17) is 23.2 Å². The second-order valence-corrected chi connectivity index (χ2v) is 8.74. The molecular weight excluding hydrogens is 425 g/mol. The molecule has 31 heavy (non-hydrogen) atoms. The molecule has 0 N–H and O–H groups in total. The summed E-state index contributed by atoms with van der Waals surface area (Å²) in [6.45, 7) is 0.950. The predicted molar refractivity (Wildman–Crippen MR) is 128 cm³/mol. The van der Waals surface area contributed by atoms with Crippen molar-refractivity contribution in [1.82, 2.24) is 4.90 Å². The molecule has 0 aromatic heterocycles. The minimum Gasteiger partial charge on any atom is -0.332 e. The molecule has 156 valence electrons. The number of alkyl halides is 1. The number of rotatable bonds is 6. The lowest BCUT2D eigenvalue weighted by Gasteiger charge is -2.37. The zero-order chi connectivity index (χ0) is 21.7. The highest BCUT2D eigenvalue weighted by Gasteiger charge is 2.45. The fraction of sp³-hybridized carbons (Fsp3) is 0.148. The topological polar surface area (TPSA) is 20.3 Å². The van der Waals surface area contributed by atoms with E-state index in [2.05, 4.69) is 0 Å². The van der Waals surface area contributed by atoms with E-state index in [1.165, 1.54) is 0 Å². The number of carbonyl (C=O) groups is 1. The van der Waals surface area contributed by atoms with E-state index in [9.17, 15) is 4.79 Å². The van der Waals surface area contributed by atoms with Crippen molar-refractivity contribution in [2.24, 2.45) is 0 Å². The highest BCUT2D eigenvalue weighted by Crippen LogP contribution is 2.41. The van der Waals surface area contributed by atoms with Crippen LogP contribution in [0.4, 0.5) is 0 Å². The number of benzene rings is 3. The summed E-state index contributed by atoms with van der Waals surface area (Å²) in [6.07, 6.45) is 7.54. The first-order chi connectivity index (χ1) is 15.1. The van der Waals surface area contributed by atoms with Crippen molar-refractivity contribution >= 4 is 29.1 Å². The third kappa shape index (κ3) is 4.92. The molecule has 0 spiro atoms. The van der Waals surface area contributed by atoms with E-state index >= 15 is 0 Å². The number of halogens is 2. The fourth-order valence-corrected chi connectivity index (χ4v) is 4.51. The molecule has 2 atom stereocenters. The van der Waals surface area contributed by atoms with Gasteiger partial charge in [0.2, 0.25) is 5.91 Å². The van der Waals surface area contributed by atoms with Gasteiger partial charge in [0.05, 0.1) is 0 Å². The largest absolute Gasteiger partial charge is 0.332 e. The first kappa shape index (κ1) is 21.4. The van der Waals surface area contributed by atoms with Crippen LogP contribution in [0.5, 0.6) is 0 Å². The van der Waals surface area contributed by atoms with Crippen molar-refractivity contribution in [3.8, 4) is 0 Å². The Morgan fingerprint density at radius 1 is 0.839 bits per heavy atom. The standard InChI is InChI=1S/C27H23Cl2NO/c28-24-15-9-14-23(18-24)25-16-7-8-17-27(25,29)26(31)30(19-21-10-3-1-4-11-21)20-22-12-5-2-6-13-22/h1-18,25H,19-20H2. The molecule has 4 heteroatoms. The normalized spacial score (nSPS) is 19.9. The van der Waals surface area contributed by atoms with Crippen molar-refractivity contribution in [1.29, 1.82) is 0 Å². The van der Waals surface area contributed by atoms with Gasteiger partial charge in [-0.2, -0.15) is 0 Å². The molecule has 2 nitrogen and oxygen atoms in total. The summed E-state index contributed by atoms with van der Waals surface area (Å²) < 4.78 is 0. The Morgan fingerprint density at radius 3 is 2.03 bits per heavy atom. The highest BCUT2D eigenvalue weighted by atomic mass is 35.5. The lowest BCUT2D eigenvalue weighted by Crippen LogP contribution is -2.47. The number of carbonyl (C=O) groups excluding carboxylic acids is 1. The average Bonchev–Trinajstić information content (AvgIpc) is 2.80. The Labute approximate surface area is 193 Å². The number of amides is 1.